The summed E-state index contributed by atoms with van der Waals surface area (Å²) in [6.45, 7) is 3.19. The van der Waals surface area contributed by atoms with E-state index in [4.69, 9.17) is 0 Å². The smallest absolute Gasteiger partial charge is 0.233 e. The van der Waals surface area contributed by atoms with E-state index in [1.807, 2.05) is 6.92 Å². The Morgan fingerprint density at radius 1 is 1.36 bits per heavy atom. The Kier molecular flexibility index (Phi) is 3.06. The topological polar surface area (TPSA) is 41.1 Å². The Morgan fingerprint density at radius 3 is 2.79 bits per heavy atom. The van der Waals surface area contributed by atoms with Gasteiger partial charge in [-0.3, -0.25) is 4.79 Å². The van der Waals surface area contributed by atoms with E-state index in [1.165, 1.54) is 25.7 Å². The molecule has 0 aromatic heterocycles. The Hall–Kier alpha value is -0.570. The van der Waals surface area contributed by atoms with Crippen molar-refractivity contribution < 1.29 is 4.79 Å². The van der Waals surface area contributed by atoms with Crippen molar-refractivity contribution in [3.63, 3.8) is 0 Å². The molecule has 80 valence electrons. The third-order valence-electron chi connectivity index (χ3n) is 3.64. The van der Waals surface area contributed by atoms with Gasteiger partial charge in [-0.2, -0.15) is 0 Å². The quantitative estimate of drug-likeness (QED) is 0.701. The maximum atomic E-state index is 11.2. The fourth-order valence-electron chi connectivity index (χ4n) is 2.98. The summed E-state index contributed by atoms with van der Waals surface area (Å²) in [4.78, 5) is 11.2. The summed E-state index contributed by atoms with van der Waals surface area (Å²) >= 11 is 0. The predicted molar refractivity (Wildman–Crippen MR) is 55.9 cm³/mol. The van der Waals surface area contributed by atoms with E-state index in [2.05, 4.69) is 10.6 Å². The van der Waals surface area contributed by atoms with Crippen molar-refractivity contribution in [3.8, 4) is 0 Å². The van der Waals surface area contributed by atoms with Crippen LogP contribution in [0, 0.1) is 11.8 Å². The fraction of sp³-hybridized carbons (Fsp3) is 0.909. The van der Waals surface area contributed by atoms with Crippen LogP contribution in [0.4, 0.5) is 0 Å². The van der Waals surface area contributed by atoms with Gasteiger partial charge in [0.05, 0.1) is 6.54 Å². The first-order chi connectivity index (χ1) is 6.79. The molecule has 0 aromatic carbocycles. The van der Waals surface area contributed by atoms with Crippen molar-refractivity contribution in [2.24, 2.45) is 11.8 Å². The minimum absolute atomic E-state index is 0.135. The van der Waals surface area contributed by atoms with Crippen molar-refractivity contribution in [2.75, 3.05) is 13.1 Å². The number of fused-ring (bicyclic) bond motifs is 2. The minimum atomic E-state index is 0.135. The lowest BCUT2D eigenvalue weighted by molar-refractivity contribution is -0.120. The average Bonchev–Trinajstić information content (AvgIpc) is 2.76. The van der Waals surface area contributed by atoms with Gasteiger partial charge in [-0.15, -0.1) is 0 Å². The van der Waals surface area contributed by atoms with Gasteiger partial charge in [-0.05, 0) is 38.0 Å². The lowest BCUT2D eigenvalue weighted by Crippen LogP contribution is -2.41. The molecule has 2 bridgehead atoms. The van der Waals surface area contributed by atoms with Gasteiger partial charge < -0.3 is 10.6 Å². The summed E-state index contributed by atoms with van der Waals surface area (Å²) in [7, 11) is 0. The lowest BCUT2D eigenvalue weighted by atomic mass is 9.95. The second kappa shape index (κ2) is 4.30. The molecule has 3 nitrogen and oxygen atoms in total. The second-order valence-corrected chi connectivity index (χ2v) is 4.62. The van der Waals surface area contributed by atoms with Crippen LogP contribution in [0.3, 0.4) is 0 Å². The Bertz CT molecular complexity index is 217. The lowest BCUT2D eigenvalue weighted by Gasteiger charge is -2.22. The third-order valence-corrected chi connectivity index (χ3v) is 3.64. The number of carbonyl (C=O) groups is 1. The van der Waals surface area contributed by atoms with Gasteiger partial charge >= 0.3 is 0 Å². The molecule has 3 heteroatoms. The molecule has 2 fully saturated rings. The number of hydrogen-bond acceptors (Lipinski definition) is 2. The van der Waals surface area contributed by atoms with Crippen molar-refractivity contribution in [3.05, 3.63) is 0 Å². The van der Waals surface area contributed by atoms with Crippen LogP contribution in [0.1, 0.15) is 32.6 Å². The van der Waals surface area contributed by atoms with Crippen molar-refractivity contribution in [1.82, 2.24) is 10.6 Å². The summed E-state index contributed by atoms with van der Waals surface area (Å²) in [5, 5.41) is 6.20. The summed E-state index contributed by atoms with van der Waals surface area (Å²) in [5.41, 5.74) is 0. The molecular weight excluding hydrogens is 176 g/mol. The van der Waals surface area contributed by atoms with E-state index in [0.717, 1.165) is 18.4 Å². The highest BCUT2D eigenvalue weighted by Crippen LogP contribution is 2.44. The Morgan fingerprint density at radius 2 is 2.21 bits per heavy atom. The van der Waals surface area contributed by atoms with Gasteiger partial charge in [-0.1, -0.05) is 6.42 Å². The van der Waals surface area contributed by atoms with Gasteiger partial charge in [0.25, 0.3) is 0 Å². The zero-order valence-electron chi connectivity index (χ0n) is 8.88. The van der Waals surface area contributed by atoms with Crippen LogP contribution in [0.15, 0.2) is 0 Å². The molecule has 1 amide bonds. The van der Waals surface area contributed by atoms with E-state index in [-0.39, 0.29) is 5.91 Å². The number of nitrogens with one attached hydrogen (secondary N) is 2. The fourth-order valence-corrected chi connectivity index (χ4v) is 2.98. The summed E-state index contributed by atoms with van der Waals surface area (Å²) in [5.74, 6) is 1.94. The normalized spacial score (nSPS) is 34.8. The maximum Gasteiger partial charge on any atom is 0.233 e. The highest BCUT2D eigenvalue weighted by atomic mass is 16.1. The molecular formula is C11H20N2O. The molecule has 3 atom stereocenters. The Balaban J connectivity index is 1.69. The molecule has 2 aliphatic rings. The molecule has 2 rings (SSSR count). The minimum Gasteiger partial charge on any atom is -0.355 e. The Labute approximate surface area is 85.6 Å². The van der Waals surface area contributed by atoms with Crippen LogP contribution in [0.25, 0.3) is 0 Å². The number of likely N-dealkylation sites (N-methyl/N-ethyl adjacent to an activating group) is 1. The molecule has 0 saturated heterocycles. The van der Waals surface area contributed by atoms with Crippen LogP contribution >= 0.6 is 0 Å². The van der Waals surface area contributed by atoms with E-state index in [1.54, 1.807) is 0 Å². The second-order valence-electron chi connectivity index (χ2n) is 4.62. The molecule has 3 unspecified atom stereocenters. The van der Waals surface area contributed by atoms with Gasteiger partial charge in [-0.25, -0.2) is 0 Å². The first-order valence-electron chi connectivity index (χ1n) is 5.79. The zero-order valence-corrected chi connectivity index (χ0v) is 8.88. The number of carbonyl (C=O) groups excluding carboxylic acids is 1. The zero-order chi connectivity index (χ0) is 9.97. The highest BCUT2D eigenvalue weighted by molar-refractivity contribution is 5.77. The standard InChI is InChI=1S/C11H20N2O/c1-2-12-11(14)7-13-10-6-8-3-4-9(10)5-8/h8-10,13H,2-7H2,1H3,(H,12,14). The van der Waals surface area contributed by atoms with Gasteiger partial charge in [0.2, 0.25) is 5.91 Å². The monoisotopic (exact) mass is 196 g/mol. The molecule has 2 saturated carbocycles. The van der Waals surface area contributed by atoms with E-state index in [0.29, 0.717) is 12.6 Å². The SMILES string of the molecule is CCNC(=O)CNC1CC2CCC1C2. The molecule has 2 N–H and O–H groups in total. The van der Waals surface area contributed by atoms with Crippen LogP contribution in [-0.2, 0) is 4.79 Å². The van der Waals surface area contributed by atoms with E-state index >= 15 is 0 Å². The highest BCUT2D eigenvalue weighted by Gasteiger charge is 2.39. The third kappa shape index (κ3) is 2.08. The van der Waals surface area contributed by atoms with Gasteiger partial charge in [0.1, 0.15) is 0 Å². The molecule has 14 heavy (non-hydrogen) atoms. The summed E-state index contributed by atoms with van der Waals surface area (Å²) < 4.78 is 0. The van der Waals surface area contributed by atoms with Gasteiger partial charge in [0, 0.05) is 12.6 Å². The average molecular weight is 196 g/mol. The molecule has 0 spiro atoms. The summed E-state index contributed by atoms with van der Waals surface area (Å²) in [6.07, 6.45) is 5.48. The number of hydrogen-bond donors (Lipinski definition) is 2. The van der Waals surface area contributed by atoms with Crippen LogP contribution in [-0.4, -0.2) is 25.0 Å². The van der Waals surface area contributed by atoms with E-state index < -0.39 is 0 Å². The molecule has 0 heterocycles. The maximum absolute atomic E-state index is 11.2. The molecule has 0 aliphatic heterocycles. The first-order valence-corrected chi connectivity index (χ1v) is 5.79. The van der Waals surface area contributed by atoms with Crippen molar-refractivity contribution in [2.45, 2.75) is 38.6 Å². The molecule has 2 aliphatic carbocycles. The first kappa shape index (κ1) is 9.97. The summed E-state index contributed by atoms with van der Waals surface area (Å²) in [6, 6.07) is 0.622. The van der Waals surface area contributed by atoms with Crippen molar-refractivity contribution in [1.29, 1.82) is 0 Å². The predicted octanol–water partition coefficient (Wildman–Crippen LogP) is 0.901. The van der Waals surface area contributed by atoms with Gasteiger partial charge in [0.15, 0.2) is 0 Å². The van der Waals surface area contributed by atoms with Crippen LogP contribution < -0.4 is 10.6 Å². The van der Waals surface area contributed by atoms with E-state index in [9.17, 15) is 4.79 Å². The van der Waals surface area contributed by atoms with Crippen molar-refractivity contribution >= 4 is 5.91 Å². The van der Waals surface area contributed by atoms with Crippen LogP contribution in [0.5, 0.6) is 0 Å². The van der Waals surface area contributed by atoms with Crippen LogP contribution in [0.2, 0.25) is 0 Å². The molecule has 0 radical (unpaired) electrons. The number of rotatable bonds is 4. The molecule has 0 aromatic rings. The largest absolute Gasteiger partial charge is 0.355 e. The number of amides is 1.